The molecule has 336 valence electrons. The Balaban J connectivity index is 0.939. The van der Waals surface area contributed by atoms with Gasteiger partial charge in [-0.1, -0.05) is 48.5 Å². The van der Waals surface area contributed by atoms with Crippen LogP contribution in [0.3, 0.4) is 0 Å². The first-order valence-electron chi connectivity index (χ1n) is 22.5. The molecule has 12 rings (SSSR count). The van der Waals surface area contributed by atoms with Crippen LogP contribution >= 0.6 is 0 Å². The van der Waals surface area contributed by atoms with Crippen LogP contribution in [0, 0.1) is 23.7 Å². The minimum absolute atomic E-state index is 0.0542. The van der Waals surface area contributed by atoms with E-state index in [1.807, 2.05) is 18.2 Å². The number of nitriles is 1. The Morgan fingerprint density at radius 2 is 1.17 bits per heavy atom. The number of aromatic nitrogens is 4. The van der Waals surface area contributed by atoms with Gasteiger partial charge in [0.2, 0.25) is 11.8 Å². The third-order valence-electron chi connectivity index (χ3n) is 13.2. The van der Waals surface area contributed by atoms with E-state index in [1.165, 1.54) is 47.6 Å². The number of aromatic amines is 2. The Morgan fingerprint density at radius 3 is 1.61 bits per heavy atom. The fraction of sp³-hybridized carbons (Fsp3) is 0.353. The highest BCUT2D eigenvalue weighted by atomic mass is 16.5. The summed E-state index contributed by atoms with van der Waals surface area (Å²) in [6.45, 7) is 1.03. The zero-order valence-electron chi connectivity index (χ0n) is 37.0. The number of imidazole rings is 2. The van der Waals surface area contributed by atoms with Crippen molar-refractivity contribution in [1.29, 1.82) is 5.26 Å². The van der Waals surface area contributed by atoms with Crippen molar-refractivity contribution in [2.24, 2.45) is 0 Å². The topological polar surface area (TPSA) is 198 Å². The lowest BCUT2D eigenvalue weighted by Gasteiger charge is -2.27. The number of aryl methyl sites for hydroxylation is 4. The molecule has 0 radical (unpaired) electrons. The number of terminal acetylenes is 1. The minimum atomic E-state index is -1.01. The summed E-state index contributed by atoms with van der Waals surface area (Å²) in [7, 11) is 2.48. The molecule has 15 heteroatoms. The van der Waals surface area contributed by atoms with Gasteiger partial charge >= 0.3 is 12.2 Å². The molecule has 4 heterocycles. The first-order chi connectivity index (χ1) is 32.1. The zero-order valence-corrected chi connectivity index (χ0v) is 37.0. The fourth-order valence-corrected chi connectivity index (χ4v) is 9.84. The smallest absolute Gasteiger partial charge is 0.407 e. The first-order valence-corrected chi connectivity index (χ1v) is 22.5. The van der Waals surface area contributed by atoms with E-state index < -0.39 is 24.3 Å². The van der Waals surface area contributed by atoms with Crippen molar-refractivity contribution in [3.05, 3.63) is 107 Å². The molecule has 2 aromatic heterocycles. The number of ether oxygens (including phenoxy) is 2. The van der Waals surface area contributed by atoms with E-state index in [4.69, 9.17) is 25.9 Å². The molecule has 4 aliphatic carbocycles. The second-order valence-corrected chi connectivity index (χ2v) is 17.2. The molecule has 0 unspecified atom stereocenters. The van der Waals surface area contributed by atoms with Gasteiger partial charge in [0.1, 0.15) is 23.7 Å². The normalized spacial score (nSPS) is 17.7. The molecular formula is C51H51N9O6. The van der Waals surface area contributed by atoms with Gasteiger partial charge in [-0.25, -0.2) is 19.6 Å². The Kier molecular flexibility index (Phi) is 12.4. The SMILES string of the molecule is C#CC[C@H](NC(=O)OC)C(=O)N1CCC[C@H]1c1nc2ccc(-c3cc4ccc3CCc3ccc(c(-c5ccc6nc([C@@H]7CCCN7C(=O)[C@H](CC#N)NC(=O)OC)[nH]c6c5)c3)CC4)cc2[nH]1. The van der Waals surface area contributed by atoms with Crippen molar-refractivity contribution in [1.82, 2.24) is 40.4 Å². The number of H-pyrrole nitrogens is 2. The van der Waals surface area contributed by atoms with Gasteiger partial charge < -0.3 is 39.9 Å². The lowest BCUT2D eigenvalue weighted by Crippen LogP contribution is -2.48. The molecule has 4 N–H and O–H groups in total. The maximum Gasteiger partial charge on any atom is 0.407 e. The number of fused-ring (bicyclic) bond motifs is 2. The summed E-state index contributed by atoms with van der Waals surface area (Å²) in [5.74, 6) is 3.30. The van der Waals surface area contributed by atoms with E-state index in [9.17, 15) is 24.4 Å². The summed E-state index contributed by atoms with van der Waals surface area (Å²) in [5, 5.41) is 14.5. The number of rotatable bonds is 10. The summed E-state index contributed by atoms with van der Waals surface area (Å²) in [5.41, 5.74) is 12.9. The van der Waals surface area contributed by atoms with Crippen molar-refractivity contribution in [2.45, 2.75) is 88.4 Å². The van der Waals surface area contributed by atoms with Crippen molar-refractivity contribution in [3.8, 4) is 40.7 Å². The minimum Gasteiger partial charge on any atom is -0.453 e. The second-order valence-electron chi connectivity index (χ2n) is 17.2. The molecule has 15 nitrogen and oxygen atoms in total. The number of hydrogen-bond acceptors (Lipinski definition) is 9. The van der Waals surface area contributed by atoms with E-state index >= 15 is 0 Å². The van der Waals surface area contributed by atoms with E-state index in [0.717, 1.165) is 78.1 Å². The predicted octanol–water partition coefficient (Wildman–Crippen LogP) is 7.37. The third kappa shape index (κ3) is 8.76. The number of benzene rings is 4. The third-order valence-corrected chi connectivity index (χ3v) is 13.2. The highest BCUT2D eigenvalue weighted by molar-refractivity contribution is 5.88. The molecule has 0 spiro atoms. The Bertz CT molecular complexity index is 2740. The average molecular weight is 886 g/mol. The van der Waals surface area contributed by atoms with Crippen molar-refractivity contribution >= 4 is 46.1 Å². The number of carbonyl (C=O) groups excluding carboxylic acids is 4. The number of likely N-dealkylation sites (tertiary alicyclic amines) is 2. The Hall–Kier alpha value is -7.65. The maximum atomic E-state index is 13.6. The summed E-state index contributed by atoms with van der Waals surface area (Å²) in [6, 6.07) is 25.8. The van der Waals surface area contributed by atoms with Crippen LogP contribution in [0.25, 0.3) is 44.3 Å². The zero-order chi connectivity index (χ0) is 45.9. The van der Waals surface area contributed by atoms with E-state index in [2.05, 4.69) is 87.2 Å². The van der Waals surface area contributed by atoms with Crippen LogP contribution in [0.1, 0.15) is 84.5 Å². The first kappa shape index (κ1) is 43.6. The fourth-order valence-electron chi connectivity index (χ4n) is 9.84. The van der Waals surface area contributed by atoms with Crippen LogP contribution in [-0.4, -0.2) is 93.1 Å². The molecule has 2 fully saturated rings. The van der Waals surface area contributed by atoms with Crippen molar-refractivity contribution < 1.29 is 28.7 Å². The van der Waals surface area contributed by atoms with E-state index in [1.54, 1.807) is 9.80 Å². The van der Waals surface area contributed by atoms with Crippen molar-refractivity contribution in [3.63, 3.8) is 0 Å². The number of amides is 4. The van der Waals surface area contributed by atoms with Gasteiger partial charge in [0.25, 0.3) is 0 Å². The Labute approximate surface area is 382 Å². The monoisotopic (exact) mass is 885 g/mol. The number of alkyl carbamates (subject to hydrolysis) is 2. The molecule has 4 aromatic carbocycles. The molecular weight excluding hydrogens is 835 g/mol. The van der Waals surface area contributed by atoms with Gasteiger partial charge in [-0.15, -0.1) is 12.3 Å². The number of hydrogen-bond donors (Lipinski definition) is 4. The summed E-state index contributed by atoms with van der Waals surface area (Å²) in [6.07, 6.45) is 10.4. The number of nitrogens with zero attached hydrogens (tertiary/aromatic N) is 5. The molecule has 4 amide bonds. The van der Waals surface area contributed by atoms with Gasteiger partial charge in [-0.2, -0.15) is 5.26 Å². The standard InChI is InChI=1S/C51H51N9O6/c1-4-7-40(57-50(63)65-2)48(61)59-24-5-8-44(59)46-53-38-20-18-34(28-42(38)55-46)36-26-30-10-14-32(36)15-11-31-13-17-33(16-12-30)37(27-31)35-19-21-39-43(29-35)56-47(54-39)45-9-6-25-60(45)49(62)41(22-23-52)58-51(64)66-3/h1,10,13-14,17-21,26-29,40-41,44-45H,5-9,11-12,15-16,22,24-25H2,2-3H3,(H,53,55)(H,54,56)(H,57,63)(H,58,64)/t40-,41-,44-,45-/m0/s1. The highest BCUT2D eigenvalue weighted by Gasteiger charge is 2.38. The molecule has 6 aromatic rings. The summed E-state index contributed by atoms with van der Waals surface area (Å²) in [4.78, 5) is 71.6. The largest absolute Gasteiger partial charge is 0.453 e. The molecule has 66 heavy (non-hydrogen) atoms. The number of carbonyl (C=O) groups is 4. The Morgan fingerprint density at radius 1 is 0.697 bits per heavy atom. The summed E-state index contributed by atoms with van der Waals surface area (Å²) >= 11 is 0. The number of methoxy groups -OCH3 is 2. The number of nitrogens with one attached hydrogen (secondary N) is 4. The van der Waals surface area contributed by atoms with Crippen molar-refractivity contribution in [2.75, 3.05) is 27.3 Å². The quantitative estimate of drug-likeness (QED) is 0.102. The van der Waals surface area contributed by atoms with Crippen LogP contribution in [0.4, 0.5) is 9.59 Å². The van der Waals surface area contributed by atoms with Gasteiger partial charge in [0.05, 0.1) is 60.9 Å². The van der Waals surface area contributed by atoms with E-state index in [0.29, 0.717) is 31.2 Å². The summed E-state index contributed by atoms with van der Waals surface area (Å²) < 4.78 is 9.44. The van der Waals surface area contributed by atoms with Gasteiger partial charge in [0, 0.05) is 19.5 Å². The maximum absolute atomic E-state index is 13.6. The van der Waals surface area contributed by atoms with Gasteiger partial charge in [0.15, 0.2) is 0 Å². The van der Waals surface area contributed by atoms with Crippen LogP contribution < -0.4 is 10.6 Å². The molecule has 4 atom stereocenters. The van der Waals surface area contributed by atoms with Crippen LogP contribution in [-0.2, 0) is 44.7 Å². The lowest BCUT2D eigenvalue weighted by molar-refractivity contribution is -0.135. The van der Waals surface area contributed by atoms with Crippen LogP contribution in [0.5, 0.6) is 0 Å². The molecule has 2 saturated heterocycles. The van der Waals surface area contributed by atoms with Crippen LogP contribution in [0.15, 0.2) is 72.8 Å². The van der Waals surface area contributed by atoms with E-state index in [-0.39, 0.29) is 36.7 Å². The van der Waals surface area contributed by atoms with Gasteiger partial charge in [-0.3, -0.25) is 9.59 Å². The van der Waals surface area contributed by atoms with Crippen LogP contribution in [0.2, 0.25) is 0 Å². The second kappa shape index (κ2) is 18.8. The predicted molar refractivity (Wildman–Crippen MR) is 248 cm³/mol. The highest BCUT2D eigenvalue weighted by Crippen LogP contribution is 2.37. The van der Waals surface area contributed by atoms with Gasteiger partial charge in [-0.05, 0) is 120 Å². The average Bonchev–Trinajstić information content (AvgIpc) is 4.17. The molecule has 6 aliphatic rings. The molecule has 2 aliphatic heterocycles. The molecule has 0 saturated carbocycles. The molecule has 4 bridgehead atoms. The lowest BCUT2D eigenvalue weighted by atomic mass is 9.87.